The molecule has 4 nitrogen and oxygen atoms in total. The fourth-order valence-electron chi connectivity index (χ4n) is 2.39. The normalized spacial score (nSPS) is 20.2. The van der Waals surface area contributed by atoms with E-state index in [1.54, 1.807) is 13.3 Å². The summed E-state index contributed by atoms with van der Waals surface area (Å²) in [6.45, 7) is 0.630. The van der Waals surface area contributed by atoms with Gasteiger partial charge in [-0.05, 0) is 36.2 Å². The van der Waals surface area contributed by atoms with Gasteiger partial charge in [-0.1, -0.05) is 23.7 Å². The Morgan fingerprint density at radius 2 is 2.09 bits per heavy atom. The summed E-state index contributed by atoms with van der Waals surface area (Å²) in [5.41, 5.74) is 1.32. The van der Waals surface area contributed by atoms with E-state index in [1.807, 2.05) is 24.3 Å². The van der Waals surface area contributed by atoms with Crippen LogP contribution in [-0.4, -0.2) is 19.0 Å². The number of aliphatic imine (C=N–C) groups is 1. The second kappa shape index (κ2) is 7.87. The van der Waals surface area contributed by atoms with Crippen LogP contribution < -0.4 is 10.6 Å². The van der Waals surface area contributed by atoms with E-state index in [4.69, 9.17) is 16.0 Å². The topological polar surface area (TPSA) is 49.6 Å². The van der Waals surface area contributed by atoms with Crippen LogP contribution in [-0.2, 0) is 6.54 Å². The van der Waals surface area contributed by atoms with Crippen LogP contribution in [0.5, 0.6) is 0 Å². The summed E-state index contributed by atoms with van der Waals surface area (Å²) >= 11 is 5.92. The SMILES string of the molecule is CN=C(NCc1ccco1)N[C@@H]1C[C@H]1c1ccc(Cl)cc1.I. The monoisotopic (exact) mass is 431 g/mol. The summed E-state index contributed by atoms with van der Waals surface area (Å²) in [6.07, 6.45) is 2.79. The van der Waals surface area contributed by atoms with Crippen LogP contribution in [0.1, 0.15) is 23.7 Å². The van der Waals surface area contributed by atoms with Gasteiger partial charge in [-0.15, -0.1) is 24.0 Å². The first-order valence-corrected chi connectivity index (χ1v) is 7.39. The molecule has 1 aromatic heterocycles. The van der Waals surface area contributed by atoms with Crippen molar-refractivity contribution in [3.63, 3.8) is 0 Å². The highest BCUT2D eigenvalue weighted by Gasteiger charge is 2.38. The van der Waals surface area contributed by atoms with Gasteiger partial charge >= 0.3 is 0 Å². The number of halogens is 2. The quantitative estimate of drug-likeness (QED) is 0.440. The highest BCUT2D eigenvalue weighted by Crippen LogP contribution is 2.40. The van der Waals surface area contributed by atoms with Crippen LogP contribution in [0.3, 0.4) is 0 Å². The molecule has 2 aromatic rings. The molecular formula is C16H19ClIN3O. The molecule has 2 N–H and O–H groups in total. The molecule has 1 aliphatic carbocycles. The summed E-state index contributed by atoms with van der Waals surface area (Å²) in [7, 11) is 1.77. The van der Waals surface area contributed by atoms with Crippen molar-refractivity contribution in [2.75, 3.05) is 7.05 Å². The standard InChI is InChI=1S/C16H18ClN3O.HI/c1-18-16(19-10-13-3-2-8-21-13)20-15-9-14(15)11-4-6-12(17)7-5-11;/h2-8,14-15H,9-10H2,1H3,(H2,18,19,20);1H/t14-,15+;/m0./s1. The van der Waals surface area contributed by atoms with Gasteiger partial charge in [0.1, 0.15) is 5.76 Å². The lowest BCUT2D eigenvalue weighted by molar-refractivity contribution is 0.501. The number of hydrogen-bond acceptors (Lipinski definition) is 2. The maximum absolute atomic E-state index is 5.92. The van der Waals surface area contributed by atoms with Gasteiger partial charge in [0.05, 0.1) is 12.8 Å². The van der Waals surface area contributed by atoms with Crippen molar-refractivity contribution in [2.24, 2.45) is 4.99 Å². The molecule has 1 aliphatic rings. The van der Waals surface area contributed by atoms with Crippen molar-refractivity contribution >= 4 is 41.5 Å². The molecule has 0 saturated heterocycles. The first-order valence-electron chi connectivity index (χ1n) is 7.01. The van der Waals surface area contributed by atoms with Gasteiger partial charge < -0.3 is 15.1 Å². The number of benzene rings is 1. The number of hydrogen-bond donors (Lipinski definition) is 2. The molecule has 1 saturated carbocycles. The predicted molar refractivity (Wildman–Crippen MR) is 100 cm³/mol. The Bertz CT molecular complexity index is 613. The molecule has 0 bridgehead atoms. The van der Waals surface area contributed by atoms with Crippen LogP contribution in [0.4, 0.5) is 0 Å². The maximum Gasteiger partial charge on any atom is 0.191 e. The number of nitrogens with zero attached hydrogens (tertiary/aromatic N) is 1. The smallest absolute Gasteiger partial charge is 0.191 e. The van der Waals surface area contributed by atoms with Crippen molar-refractivity contribution in [2.45, 2.75) is 24.9 Å². The van der Waals surface area contributed by atoms with Crippen LogP contribution in [0.25, 0.3) is 0 Å². The second-order valence-electron chi connectivity index (χ2n) is 5.15. The van der Waals surface area contributed by atoms with Gasteiger partial charge in [0, 0.05) is 24.0 Å². The number of guanidine groups is 1. The summed E-state index contributed by atoms with van der Waals surface area (Å²) < 4.78 is 5.29. The first kappa shape index (κ1) is 17.1. The number of nitrogens with one attached hydrogen (secondary N) is 2. The zero-order chi connectivity index (χ0) is 14.7. The van der Waals surface area contributed by atoms with E-state index in [2.05, 4.69) is 27.8 Å². The average molecular weight is 432 g/mol. The molecule has 118 valence electrons. The third kappa shape index (κ3) is 4.39. The van der Waals surface area contributed by atoms with Gasteiger partial charge in [0.25, 0.3) is 0 Å². The van der Waals surface area contributed by atoms with Gasteiger partial charge in [-0.2, -0.15) is 0 Å². The highest BCUT2D eigenvalue weighted by molar-refractivity contribution is 14.0. The van der Waals surface area contributed by atoms with Crippen molar-refractivity contribution < 1.29 is 4.42 Å². The fourth-order valence-corrected chi connectivity index (χ4v) is 2.51. The molecule has 6 heteroatoms. The zero-order valence-electron chi connectivity index (χ0n) is 12.3. The Morgan fingerprint density at radius 3 is 2.73 bits per heavy atom. The zero-order valence-corrected chi connectivity index (χ0v) is 15.3. The lowest BCUT2D eigenvalue weighted by Gasteiger charge is -2.10. The Kier molecular flexibility index (Phi) is 6.14. The molecule has 1 fully saturated rings. The molecule has 0 aliphatic heterocycles. The third-order valence-electron chi connectivity index (χ3n) is 3.64. The molecule has 1 aromatic carbocycles. The molecule has 0 spiro atoms. The molecule has 0 radical (unpaired) electrons. The largest absolute Gasteiger partial charge is 0.467 e. The van der Waals surface area contributed by atoms with Gasteiger partial charge in [0.15, 0.2) is 5.96 Å². The Balaban J connectivity index is 0.00000176. The maximum atomic E-state index is 5.92. The molecule has 1 heterocycles. The molecule has 2 atom stereocenters. The molecule has 0 amide bonds. The van der Waals surface area contributed by atoms with E-state index in [0.29, 0.717) is 18.5 Å². The summed E-state index contributed by atoms with van der Waals surface area (Å²) in [4.78, 5) is 4.24. The minimum absolute atomic E-state index is 0. The van der Waals surface area contributed by atoms with Crippen LogP contribution >= 0.6 is 35.6 Å². The van der Waals surface area contributed by atoms with Crippen LogP contribution in [0.15, 0.2) is 52.1 Å². The van der Waals surface area contributed by atoms with Gasteiger partial charge in [-0.3, -0.25) is 4.99 Å². The molecule has 0 unspecified atom stereocenters. The lowest BCUT2D eigenvalue weighted by Crippen LogP contribution is -2.38. The van der Waals surface area contributed by atoms with E-state index in [9.17, 15) is 0 Å². The van der Waals surface area contributed by atoms with Gasteiger partial charge in [0.2, 0.25) is 0 Å². The van der Waals surface area contributed by atoms with E-state index in [0.717, 1.165) is 23.2 Å². The second-order valence-corrected chi connectivity index (χ2v) is 5.59. The molecule has 3 rings (SSSR count). The summed E-state index contributed by atoms with van der Waals surface area (Å²) in [5, 5.41) is 7.46. The van der Waals surface area contributed by atoms with E-state index in [-0.39, 0.29) is 24.0 Å². The number of furan rings is 1. The molecular weight excluding hydrogens is 413 g/mol. The van der Waals surface area contributed by atoms with E-state index < -0.39 is 0 Å². The Morgan fingerprint density at radius 1 is 1.32 bits per heavy atom. The minimum atomic E-state index is 0. The fraction of sp³-hybridized carbons (Fsp3) is 0.312. The van der Waals surface area contributed by atoms with Crippen LogP contribution in [0, 0.1) is 0 Å². The minimum Gasteiger partial charge on any atom is -0.467 e. The third-order valence-corrected chi connectivity index (χ3v) is 3.90. The Labute approximate surface area is 152 Å². The first-order chi connectivity index (χ1) is 10.3. The number of rotatable bonds is 4. The highest BCUT2D eigenvalue weighted by atomic mass is 127. The average Bonchev–Trinajstić information content (AvgIpc) is 3.06. The van der Waals surface area contributed by atoms with Crippen molar-refractivity contribution in [1.29, 1.82) is 0 Å². The molecule has 22 heavy (non-hydrogen) atoms. The van der Waals surface area contributed by atoms with E-state index >= 15 is 0 Å². The summed E-state index contributed by atoms with van der Waals surface area (Å²) in [5.74, 6) is 2.22. The van der Waals surface area contributed by atoms with Crippen molar-refractivity contribution in [3.05, 3.63) is 59.0 Å². The van der Waals surface area contributed by atoms with Crippen molar-refractivity contribution in [1.82, 2.24) is 10.6 Å². The van der Waals surface area contributed by atoms with Crippen LogP contribution in [0.2, 0.25) is 5.02 Å². The Hall–Kier alpha value is -1.21. The predicted octanol–water partition coefficient (Wildman–Crippen LogP) is 3.77. The lowest BCUT2D eigenvalue weighted by atomic mass is 10.1. The van der Waals surface area contributed by atoms with Crippen molar-refractivity contribution in [3.8, 4) is 0 Å². The summed E-state index contributed by atoms with van der Waals surface area (Å²) in [6, 6.07) is 12.3. The van der Waals surface area contributed by atoms with E-state index in [1.165, 1.54) is 5.56 Å². The van der Waals surface area contributed by atoms with Gasteiger partial charge in [-0.25, -0.2) is 0 Å².